The van der Waals surface area contributed by atoms with Crippen molar-refractivity contribution in [2.45, 2.75) is 25.5 Å². The highest BCUT2D eigenvalue weighted by Gasteiger charge is 2.32. The van der Waals surface area contributed by atoms with Crippen LogP contribution in [0.4, 0.5) is 10.1 Å². The number of hydrogen-bond acceptors (Lipinski definition) is 4. The Balaban J connectivity index is 1.81. The number of hydrogen-bond donors (Lipinski definition) is 1. The molecule has 0 spiro atoms. The summed E-state index contributed by atoms with van der Waals surface area (Å²) in [5, 5.41) is 3.19. The number of fused-ring (bicyclic) bond motifs is 1. The maximum atomic E-state index is 13.1. The summed E-state index contributed by atoms with van der Waals surface area (Å²) in [6.45, 7) is 1.85. The fraction of sp³-hybridized carbons (Fsp3) is 0.316. The Hall–Kier alpha value is -2.32. The number of benzene rings is 2. The van der Waals surface area contributed by atoms with Gasteiger partial charge in [-0.15, -0.1) is 0 Å². The van der Waals surface area contributed by atoms with E-state index in [4.69, 9.17) is 16.3 Å². The molecule has 1 aliphatic heterocycles. The minimum Gasteiger partial charge on any atom is -0.478 e. The lowest BCUT2D eigenvalue weighted by Crippen LogP contribution is -2.40. The van der Waals surface area contributed by atoms with E-state index in [-0.39, 0.29) is 36.5 Å². The van der Waals surface area contributed by atoms with Crippen molar-refractivity contribution in [3.8, 4) is 5.75 Å². The number of nitrogens with one attached hydrogen (secondary N) is 1. The van der Waals surface area contributed by atoms with Crippen LogP contribution in [0.2, 0.25) is 5.02 Å². The number of amides is 1. The van der Waals surface area contributed by atoms with Crippen LogP contribution in [-0.2, 0) is 14.8 Å². The van der Waals surface area contributed by atoms with Crippen LogP contribution in [0.25, 0.3) is 0 Å². The Labute approximate surface area is 168 Å². The molecule has 6 nitrogen and oxygen atoms in total. The monoisotopic (exact) mass is 426 g/mol. The lowest BCUT2D eigenvalue weighted by molar-refractivity contribution is -0.128. The van der Waals surface area contributed by atoms with Crippen molar-refractivity contribution in [3.05, 3.63) is 58.9 Å². The van der Waals surface area contributed by atoms with Crippen molar-refractivity contribution < 1.29 is 22.3 Å². The van der Waals surface area contributed by atoms with Crippen molar-refractivity contribution in [1.29, 1.82) is 0 Å². The molecule has 2 aromatic carbocycles. The molecule has 0 aliphatic carbocycles. The Morgan fingerprint density at radius 2 is 1.96 bits per heavy atom. The Bertz CT molecular complexity index is 982. The molecule has 0 aromatic heterocycles. The molecule has 1 heterocycles. The number of anilines is 1. The minimum absolute atomic E-state index is 0.0786. The Kier molecular flexibility index (Phi) is 5.81. The molecule has 1 aliphatic rings. The summed E-state index contributed by atoms with van der Waals surface area (Å²) in [7, 11) is -3.57. The summed E-state index contributed by atoms with van der Waals surface area (Å²) in [5.41, 5.74) is 1.05. The molecule has 3 rings (SSSR count). The molecule has 0 bridgehead atoms. The SMILES string of the molecule is CC(NC(=O)C1CCN(S(C)(=O)=O)c2cc(Cl)ccc2O1)c1ccc(F)cc1. The van der Waals surface area contributed by atoms with E-state index in [1.165, 1.54) is 22.5 Å². The van der Waals surface area contributed by atoms with Crippen molar-refractivity contribution >= 4 is 33.2 Å². The number of carbonyl (C=O) groups excluding carboxylic acids is 1. The van der Waals surface area contributed by atoms with Crippen molar-refractivity contribution in [2.24, 2.45) is 0 Å². The van der Waals surface area contributed by atoms with Crippen molar-refractivity contribution in [3.63, 3.8) is 0 Å². The first-order chi connectivity index (χ1) is 13.1. The van der Waals surface area contributed by atoms with Gasteiger partial charge in [-0.05, 0) is 42.8 Å². The third kappa shape index (κ3) is 4.56. The first-order valence-electron chi connectivity index (χ1n) is 8.65. The van der Waals surface area contributed by atoms with E-state index in [0.29, 0.717) is 10.7 Å². The molecule has 2 aromatic rings. The van der Waals surface area contributed by atoms with Crippen LogP contribution in [-0.4, -0.2) is 33.2 Å². The average Bonchev–Trinajstić information content (AvgIpc) is 2.81. The van der Waals surface area contributed by atoms with E-state index in [9.17, 15) is 17.6 Å². The molecule has 0 fully saturated rings. The molecule has 0 saturated carbocycles. The van der Waals surface area contributed by atoms with E-state index >= 15 is 0 Å². The molecule has 28 heavy (non-hydrogen) atoms. The topological polar surface area (TPSA) is 75.7 Å². The van der Waals surface area contributed by atoms with Crippen LogP contribution in [0.3, 0.4) is 0 Å². The van der Waals surface area contributed by atoms with Crippen LogP contribution in [0.5, 0.6) is 5.75 Å². The molecule has 1 amide bonds. The second-order valence-corrected chi connectivity index (χ2v) is 8.97. The maximum absolute atomic E-state index is 13.1. The Morgan fingerprint density at radius 1 is 1.29 bits per heavy atom. The van der Waals surface area contributed by atoms with Gasteiger partial charge in [-0.25, -0.2) is 12.8 Å². The molecule has 150 valence electrons. The lowest BCUT2D eigenvalue weighted by atomic mass is 10.1. The zero-order valence-electron chi connectivity index (χ0n) is 15.4. The number of rotatable bonds is 4. The van der Waals surface area contributed by atoms with Gasteiger partial charge in [-0.2, -0.15) is 0 Å². The highest BCUT2D eigenvalue weighted by atomic mass is 35.5. The third-order valence-corrected chi connectivity index (χ3v) is 5.89. The fourth-order valence-electron chi connectivity index (χ4n) is 3.02. The first kappa shape index (κ1) is 20.4. The van der Waals surface area contributed by atoms with Gasteiger partial charge in [0.25, 0.3) is 5.91 Å². The molecule has 2 atom stereocenters. The summed E-state index contributed by atoms with van der Waals surface area (Å²) >= 11 is 6.01. The second kappa shape index (κ2) is 7.97. The van der Waals surface area contributed by atoms with Gasteiger partial charge in [0, 0.05) is 18.0 Å². The number of halogens is 2. The van der Waals surface area contributed by atoms with Crippen LogP contribution < -0.4 is 14.4 Å². The summed E-state index contributed by atoms with van der Waals surface area (Å²) in [5.74, 6) is -0.472. The van der Waals surface area contributed by atoms with E-state index in [1.54, 1.807) is 31.2 Å². The van der Waals surface area contributed by atoms with Gasteiger partial charge in [0.2, 0.25) is 10.0 Å². The molecular weight excluding hydrogens is 407 g/mol. The summed E-state index contributed by atoms with van der Waals surface area (Å²) in [4.78, 5) is 12.7. The van der Waals surface area contributed by atoms with E-state index in [1.807, 2.05) is 0 Å². The number of carbonyl (C=O) groups is 1. The van der Waals surface area contributed by atoms with Gasteiger partial charge in [0.1, 0.15) is 11.6 Å². The average molecular weight is 427 g/mol. The lowest BCUT2D eigenvalue weighted by Gasteiger charge is -2.21. The fourth-order valence-corrected chi connectivity index (χ4v) is 4.13. The quantitative estimate of drug-likeness (QED) is 0.814. The van der Waals surface area contributed by atoms with E-state index in [2.05, 4.69) is 5.32 Å². The highest BCUT2D eigenvalue weighted by molar-refractivity contribution is 7.92. The summed E-state index contributed by atoms with van der Waals surface area (Å²) in [6, 6.07) is 10.1. The number of nitrogens with zero attached hydrogens (tertiary/aromatic N) is 1. The Morgan fingerprint density at radius 3 is 2.61 bits per heavy atom. The number of ether oxygens (including phenoxy) is 1. The standard InChI is InChI=1S/C19H20ClFN2O4S/c1-12(13-3-6-15(21)7-4-13)22-19(24)18-9-10-23(28(2,25)26)16-11-14(20)5-8-17(16)27-18/h3-8,11-12,18H,9-10H2,1-2H3,(H,22,24). The van der Waals surface area contributed by atoms with Gasteiger partial charge < -0.3 is 10.1 Å². The molecule has 0 radical (unpaired) electrons. The van der Waals surface area contributed by atoms with Gasteiger partial charge in [-0.3, -0.25) is 9.10 Å². The zero-order chi connectivity index (χ0) is 20.5. The van der Waals surface area contributed by atoms with Crippen molar-refractivity contribution in [2.75, 3.05) is 17.1 Å². The van der Waals surface area contributed by atoms with Gasteiger partial charge in [0.05, 0.1) is 18.0 Å². The molecule has 9 heteroatoms. The predicted octanol–water partition coefficient (Wildman–Crippen LogP) is 3.27. The van der Waals surface area contributed by atoms with Crippen LogP contribution in [0.15, 0.2) is 42.5 Å². The number of sulfonamides is 1. The van der Waals surface area contributed by atoms with Crippen LogP contribution in [0, 0.1) is 5.82 Å². The van der Waals surface area contributed by atoms with E-state index < -0.39 is 16.1 Å². The van der Waals surface area contributed by atoms with Gasteiger partial charge >= 0.3 is 0 Å². The van der Waals surface area contributed by atoms with Crippen LogP contribution >= 0.6 is 11.6 Å². The molecule has 0 saturated heterocycles. The second-order valence-electron chi connectivity index (χ2n) is 6.62. The smallest absolute Gasteiger partial charge is 0.261 e. The molecular formula is C19H20ClFN2O4S. The largest absolute Gasteiger partial charge is 0.478 e. The minimum atomic E-state index is -3.57. The predicted molar refractivity (Wildman–Crippen MR) is 106 cm³/mol. The normalized spacial score (nSPS) is 17.9. The van der Waals surface area contributed by atoms with Gasteiger partial charge in [-0.1, -0.05) is 23.7 Å². The van der Waals surface area contributed by atoms with Crippen LogP contribution in [0.1, 0.15) is 24.9 Å². The molecule has 1 N–H and O–H groups in total. The maximum Gasteiger partial charge on any atom is 0.261 e. The van der Waals surface area contributed by atoms with E-state index in [0.717, 1.165) is 11.8 Å². The first-order valence-corrected chi connectivity index (χ1v) is 10.9. The summed E-state index contributed by atoms with van der Waals surface area (Å²) < 4.78 is 44.4. The molecule has 2 unspecified atom stereocenters. The van der Waals surface area contributed by atoms with Crippen molar-refractivity contribution in [1.82, 2.24) is 5.32 Å². The van der Waals surface area contributed by atoms with Gasteiger partial charge in [0.15, 0.2) is 6.10 Å². The summed E-state index contributed by atoms with van der Waals surface area (Å²) in [6.07, 6.45) is 0.380. The zero-order valence-corrected chi connectivity index (χ0v) is 16.9. The highest BCUT2D eigenvalue weighted by Crippen LogP contribution is 2.36. The third-order valence-electron chi connectivity index (χ3n) is 4.47.